The molecule has 0 amide bonds. The Kier molecular flexibility index (Phi) is 5.20. The second-order valence-electron chi connectivity index (χ2n) is 5.57. The molecule has 0 unspecified atom stereocenters. The Bertz CT molecular complexity index is 650. The molecule has 22 heavy (non-hydrogen) atoms. The first-order valence-electron chi connectivity index (χ1n) is 7.19. The topological polar surface area (TPSA) is 66.9 Å². The highest BCUT2D eigenvalue weighted by atomic mass is 32.2. The van der Waals surface area contributed by atoms with Crippen LogP contribution in [0.4, 0.5) is 0 Å². The Morgan fingerprint density at radius 2 is 1.86 bits per heavy atom. The molecule has 2 rings (SSSR count). The van der Waals surface area contributed by atoms with Crippen LogP contribution in [0.1, 0.15) is 12.5 Å². The summed E-state index contributed by atoms with van der Waals surface area (Å²) in [6, 6.07) is 4.89. The third-order valence-corrected chi connectivity index (χ3v) is 5.68. The van der Waals surface area contributed by atoms with Crippen LogP contribution >= 0.6 is 0 Å². The number of sulfonamides is 1. The van der Waals surface area contributed by atoms with Gasteiger partial charge in [0.1, 0.15) is 16.4 Å². The van der Waals surface area contributed by atoms with Crippen molar-refractivity contribution in [3.05, 3.63) is 23.8 Å². The molecule has 0 aliphatic carbocycles. The predicted molar refractivity (Wildman–Crippen MR) is 83.6 cm³/mol. The lowest BCUT2D eigenvalue weighted by molar-refractivity contribution is -0.116. The lowest BCUT2D eigenvalue weighted by Gasteiger charge is -2.31. The first-order chi connectivity index (χ1) is 10.3. The van der Waals surface area contributed by atoms with Crippen molar-refractivity contribution in [2.24, 2.45) is 0 Å². The van der Waals surface area contributed by atoms with E-state index in [0.717, 1.165) is 0 Å². The summed E-state index contributed by atoms with van der Waals surface area (Å²) in [5.74, 6) is 0.305. The molecular formula is C15H22N2O4S. The molecule has 0 saturated carbocycles. The van der Waals surface area contributed by atoms with Crippen molar-refractivity contribution >= 4 is 15.8 Å². The summed E-state index contributed by atoms with van der Waals surface area (Å²) >= 11 is 0. The van der Waals surface area contributed by atoms with Gasteiger partial charge in [0.05, 0.1) is 7.11 Å². The summed E-state index contributed by atoms with van der Waals surface area (Å²) in [6.45, 7) is 3.81. The van der Waals surface area contributed by atoms with Crippen LogP contribution in [0.3, 0.4) is 0 Å². The average molecular weight is 326 g/mol. The Hall–Kier alpha value is -1.44. The van der Waals surface area contributed by atoms with Gasteiger partial charge in [-0.3, -0.25) is 4.79 Å². The summed E-state index contributed by atoms with van der Waals surface area (Å²) < 4.78 is 32.4. The monoisotopic (exact) mass is 326 g/mol. The molecule has 7 heteroatoms. The minimum atomic E-state index is -3.62. The molecule has 1 aromatic carbocycles. The van der Waals surface area contributed by atoms with Gasteiger partial charge in [-0.2, -0.15) is 4.31 Å². The van der Waals surface area contributed by atoms with E-state index in [1.54, 1.807) is 18.2 Å². The van der Waals surface area contributed by atoms with Gasteiger partial charge in [-0.05, 0) is 31.7 Å². The van der Waals surface area contributed by atoms with E-state index in [0.29, 0.717) is 37.5 Å². The smallest absolute Gasteiger partial charge is 0.246 e. The summed E-state index contributed by atoms with van der Waals surface area (Å²) in [5.41, 5.74) is 0.681. The maximum absolute atomic E-state index is 12.9. The molecule has 0 spiro atoms. The molecule has 1 aromatic rings. The van der Waals surface area contributed by atoms with Crippen LogP contribution in [0.5, 0.6) is 5.75 Å². The number of nitrogens with zero attached hydrogens (tertiary/aromatic N) is 2. The van der Waals surface area contributed by atoms with Crippen molar-refractivity contribution in [2.45, 2.75) is 18.2 Å². The standard InChI is InChI=1S/C15H22N2O4S/c1-12(18)10-13-4-5-14(21-3)15(11-13)22(19,20)17-8-6-16(2)7-9-17/h4-5,11H,6-10H2,1-3H3. The number of carbonyl (C=O) groups is 1. The number of piperazine rings is 1. The van der Waals surface area contributed by atoms with Gasteiger partial charge in [0.15, 0.2) is 0 Å². The first kappa shape index (κ1) is 16.9. The van der Waals surface area contributed by atoms with Crippen molar-refractivity contribution in [3.8, 4) is 5.75 Å². The zero-order valence-electron chi connectivity index (χ0n) is 13.2. The molecule has 0 radical (unpaired) electrons. The molecular weight excluding hydrogens is 304 g/mol. The Morgan fingerprint density at radius 3 is 2.41 bits per heavy atom. The first-order valence-corrected chi connectivity index (χ1v) is 8.63. The quantitative estimate of drug-likeness (QED) is 0.799. The summed E-state index contributed by atoms with van der Waals surface area (Å²) in [4.78, 5) is 13.5. The third kappa shape index (κ3) is 3.66. The van der Waals surface area contributed by atoms with Gasteiger partial charge in [-0.15, -0.1) is 0 Å². The van der Waals surface area contributed by atoms with Gasteiger partial charge in [0, 0.05) is 32.6 Å². The van der Waals surface area contributed by atoms with Gasteiger partial charge >= 0.3 is 0 Å². The number of ketones is 1. The minimum absolute atomic E-state index is 0.00638. The van der Waals surface area contributed by atoms with Crippen LogP contribution in [-0.4, -0.2) is 63.7 Å². The molecule has 1 aliphatic rings. The second kappa shape index (κ2) is 6.76. The molecule has 0 N–H and O–H groups in total. The van der Waals surface area contributed by atoms with Crippen LogP contribution in [0.15, 0.2) is 23.1 Å². The zero-order chi connectivity index (χ0) is 16.3. The van der Waals surface area contributed by atoms with E-state index in [-0.39, 0.29) is 17.1 Å². The number of methoxy groups -OCH3 is 1. The maximum Gasteiger partial charge on any atom is 0.246 e. The van der Waals surface area contributed by atoms with Crippen LogP contribution in [-0.2, 0) is 21.2 Å². The van der Waals surface area contributed by atoms with Gasteiger partial charge < -0.3 is 9.64 Å². The fourth-order valence-corrected chi connectivity index (χ4v) is 4.12. The predicted octanol–water partition coefficient (Wildman–Crippen LogP) is 0.763. The van der Waals surface area contributed by atoms with Gasteiger partial charge in [-0.25, -0.2) is 8.42 Å². The molecule has 1 saturated heterocycles. The number of ether oxygens (including phenoxy) is 1. The number of hydrogen-bond donors (Lipinski definition) is 0. The molecule has 1 aliphatic heterocycles. The number of carbonyl (C=O) groups excluding carboxylic acids is 1. The summed E-state index contributed by atoms with van der Waals surface area (Å²) in [5, 5.41) is 0. The van der Waals surface area contributed by atoms with E-state index in [1.807, 2.05) is 7.05 Å². The summed E-state index contributed by atoms with van der Waals surface area (Å²) in [6.07, 6.45) is 0.218. The largest absolute Gasteiger partial charge is 0.495 e. The fraction of sp³-hybridized carbons (Fsp3) is 0.533. The molecule has 0 atom stereocenters. The molecule has 6 nitrogen and oxygen atoms in total. The molecule has 1 fully saturated rings. The number of likely N-dealkylation sites (N-methyl/N-ethyl adjacent to an activating group) is 1. The lowest BCUT2D eigenvalue weighted by atomic mass is 10.1. The molecule has 0 aromatic heterocycles. The number of rotatable bonds is 5. The normalized spacial score (nSPS) is 17.4. The third-order valence-electron chi connectivity index (χ3n) is 3.76. The molecule has 1 heterocycles. The number of hydrogen-bond acceptors (Lipinski definition) is 5. The van der Waals surface area contributed by atoms with Gasteiger partial charge in [0.2, 0.25) is 10.0 Å². The van der Waals surface area contributed by atoms with E-state index >= 15 is 0 Å². The van der Waals surface area contributed by atoms with Crippen molar-refractivity contribution < 1.29 is 17.9 Å². The number of Topliss-reactive ketones (excluding diaryl/α,β-unsaturated/α-hetero) is 1. The maximum atomic E-state index is 12.9. The van der Waals surface area contributed by atoms with E-state index in [4.69, 9.17) is 4.74 Å². The van der Waals surface area contributed by atoms with E-state index in [1.165, 1.54) is 18.3 Å². The van der Waals surface area contributed by atoms with Crippen LogP contribution in [0.25, 0.3) is 0 Å². The highest BCUT2D eigenvalue weighted by Gasteiger charge is 2.30. The lowest BCUT2D eigenvalue weighted by Crippen LogP contribution is -2.47. The van der Waals surface area contributed by atoms with Crippen LogP contribution in [0, 0.1) is 0 Å². The van der Waals surface area contributed by atoms with E-state index in [2.05, 4.69) is 4.90 Å². The average Bonchev–Trinajstić information content (AvgIpc) is 2.47. The van der Waals surface area contributed by atoms with Crippen molar-refractivity contribution in [1.29, 1.82) is 0 Å². The number of benzene rings is 1. The van der Waals surface area contributed by atoms with E-state index in [9.17, 15) is 13.2 Å². The van der Waals surface area contributed by atoms with Crippen molar-refractivity contribution in [3.63, 3.8) is 0 Å². The Balaban J connectivity index is 2.37. The Labute approximate surface area is 131 Å². The van der Waals surface area contributed by atoms with E-state index < -0.39 is 10.0 Å². The second-order valence-corrected chi connectivity index (χ2v) is 7.48. The van der Waals surface area contributed by atoms with Crippen LogP contribution < -0.4 is 4.74 Å². The zero-order valence-corrected chi connectivity index (χ0v) is 14.0. The molecule has 122 valence electrons. The highest BCUT2D eigenvalue weighted by molar-refractivity contribution is 7.89. The highest BCUT2D eigenvalue weighted by Crippen LogP contribution is 2.28. The van der Waals surface area contributed by atoms with Gasteiger partial charge in [-0.1, -0.05) is 6.07 Å². The van der Waals surface area contributed by atoms with Crippen molar-refractivity contribution in [2.75, 3.05) is 40.3 Å². The molecule has 0 bridgehead atoms. The van der Waals surface area contributed by atoms with Crippen LogP contribution in [0.2, 0.25) is 0 Å². The minimum Gasteiger partial charge on any atom is -0.495 e. The Morgan fingerprint density at radius 1 is 1.23 bits per heavy atom. The van der Waals surface area contributed by atoms with Crippen molar-refractivity contribution in [1.82, 2.24) is 9.21 Å². The SMILES string of the molecule is COc1ccc(CC(C)=O)cc1S(=O)(=O)N1CCN(C)CC1. The summed E-state index contributed by atoms with van der Waals surface area (Å²) in [7, 11) is -0.198. The fourth-order valence-electron chi connectivity index (χ4n) is 2.49. The van der Waals surface area contributed by atoms with Gasteiger partial charge in [0.25, 0.3) is 0 Å².